The van der Waals surface area contributed by atoms with Crippen LogP contribution < -0.4 is 0 Å². The lowest BCUT2D eigenvalue weighted by Crippen LogP contribution is -2.27. The summed E-state index contributed by atoms with van der Waals surface area (Å²) in [5, 5.41) is 0. The fourth-order valence-corrected chi connectivity index (χ4v) is 2.17. The average Bonchev–Trinajstić information content (AvgIpc) is 1.87. The molecular weight excluding hydrogens is 152 g/mol. The first-order valence-corrected chi connectivity index (χ1v) is 6.71. The molecule has 11 heavy (non-hydrogen) atoms. The highest BCUT2D eigenvalue weighted by Gasteiger charge is 2.11. The molecule has 0 fully saturated rings. The standard InChI is InChI=1S/C9H19OSi/c1-6-9(11(4)5)10-7-8(2)3/h9H,2,6-7H2,1,3-5H3. The summed E-state index contributed by atoms with van der Waals surface area (Å²) >= 11 is 0. The van der Waals surface area contributed by atoms with Gasteiger partial charge in [-0.15, -0.1) is 0 Å². The second kappa shape index (κ2) is 5.55. The topological polar surface area (TPSA) is 9.23 Å². The van der Waals surface area contributed by atoms with Crippen molar-refractivity contribution in [2.45, 2.75) is 39.1 Å². The molecule has 0 aliphatic heterocycles. The number of ether oxygens (including phenoxy) is 1. The molecule has 0 amide bonds. The predicted molar refractivity (Wildman–Crippen MR) is 52.3 cm³/mol. The Morgan fingerprint density at radius 2 is 2.09 bits per heavy atom. The zero-order chi connectivity index (χ0) is 8.85. The predicted octanol–water partition coefficient (Wildman–Crippen LogP) is 2.65. The van der Waals surface area contributed by atoms with E-state index in [4.69, 9.17) is 4.74 Å². The molecule has 2 heteroatoms. The van der Waals surface area contributed by atoms with Gasteiger partial charge in [-0.3, -0.25) is 0 Å². The quantitative estimate of drug-likeness (QED) is 0.456. The van der Waals surface area contributed by atoms with Gasteiger partial charge in [0.25, 0.3) is 0 Å². The molecule has 0 N–H and O–H groups in total. The summed E-state index contributed by atoms with van der Waals surface area (Å²) in [7, 11) is -0.283. The third-order valence-electron chi connectivity index (χ3n) is 1.55. The summed E-state index contributed by atoms with van der Waals surface area (Å²) in [5.41, 5.74) is 1.61. The molecule has 0 aromatic rings. The molecule has 0 spiro atoms. The van der Waals surface area contributed by atoms with Gasteiger partial charge in [0.05, 0.1) is 15.4 Å². The van der Waals surface area contributed by atoms with E-state index in [2.05, 4.69) is 26.6 Å². The van der Waals surface area contributed by atoms with E-state index in [0.717, 1.165) is 18.6 Å². The molecule has 1 unspecified atom stereocenters. The van der Waals surface area contributed by atoms with Crippen LogP contribution in [0.4, 0.5) is 0 Å². The summed E-state index contributed by atoms with van der Waals surface area (Å²) in [4.78, 5) is 0. The van der Waals surface area contributed by atoms with Crippen LogP contribution in [0, 0.1) is 0 Å². The molecule has 0 aromatic carbocycles. The van der Waals surface area contributed by atoms with E-state index in [1.54, 1.807) is 0 Å². The fraction of sp³-hybridized carbons (Fsp3) is 0.778. The van der Waals surface area contributed by atoms with Gasteiger partial charge in [0.2, 0.25) is 0 Å². The zero-order valence-corrected chi connectivity index (χ0v) is 9.11. The fourth-order valence-electron chi connectivity index (χ4n) is 0.936. The molecule has 0 saturated carbocycles. The Morgan fingerprint density at radius 3 is 2.36 bits per heavy atom. The van der Waals surface area contributed by atoms with Crippen molar-refractivity contribution in [2.24, 2.45) is 0 Å². The summed E-state index contributed by atoms with van der Waals surface area (Å²) < 4.78 is 5.66. The van der Waals surface area contributed by atoms with Crippen molar-refractivity contribution in [3.63, 3.8) is 0 Å². The highest BCUT2D eigenvalue weighted by Crippen LogP contribution is 2.04. The minimum Gasteiger partial charge on any atom is -0.378 e. The van der Waals surface area contributed by atoms with Gasteiger partial charge in [-0.05, 0) is 13.3 Å². The number of hydrogen-bond donors (Lipinski definition) is 0. The van der Waals surface area contributed by atoms with Crippen LogP contribution in [0.15, 0.2) is 12.2 Å². The van der Waals surface area contributed by atoms with Crippen LogP contribution in [0.25, 0.3) is 0 Å². The van der Waals surface area contributed by atoms with E-state index in [-0.39, 0.29) is 8.80 Å². The van der Waals surface area contributed by atoms with E-state index in [0.29, 0.717) is 5.73 Å². The molecule has 0 aromatic heterocycles. The largest absolute Gasteiger partial charge is 0.378 e. The normalized spacial score (nSPS) is 13.5. The first-order chi connectivity index (χ1) is 5.07. The van der Waals surface area contributed by atoms with Gasteiger partial charge in [0.15, 0.2) is 0 Å². The molecule has 0 aliphatic rings. The van der Waals surface area contributed by atoms with E-state index in [1.807, 2.05) is 6.92 Å². The second-order valence-electron chi connectivity index (χ2n) is 3.24. The smallest absolute Gasteiger partial charge is 0.0783 e. The summed E-state index contributed by atoms with van der Waals surface area (Å²) in [6, 6.07) is 0. The molecule has 1 radical (unpaired) electrons. The maximum Gasteiger partial charge on any atom is 0.0783 e. The zero-order valence-electron chi connectivity index (χ0n) is 8.11. The van der Waals surface area contributed by atoms with Crippen LogP contribution in [0.1, 0.15) is 20.3 Å². The monoisotopic (exact) mass is 171 g/mol. The van der Waals surface area contributed by atoms with Crippen LogP contribution in [-0.4, -0.2) is 21.1 Å². The Kier molecular flexibility index (Phi) is 5.51. The van der Waals surface area contributed by atoms with Gasteiger partial charge in [-0.2, -0.15) is 0 Å². The molecule has 0 rings (SSSR count). The third kappa shape index (κ3) is 5.22. The molecule has 1 atom stereocenters. The SMILES string of the molecule is C=C(C)COC(CC)[Si](C)C. The van der Waals surface area contributed by atoms with Gasteiger partial charge in [-0.1, -0.05) is 32.2 Å². The molecule has 0 saturated heterocycles. The minimum atomic E-state index is -0.283. The van der Waals surface area contributed by atoms with E-state index in [1.165, 1.54) is 0 Å². The maximum absolute atomic E-state index is 5.66. The second-order valence-corrected chi connectivity index (χ2v) is 6.04. The molecule has 1 nitrogen and oxygen atoms in total. The van der Waals surface area contributed by atoms with Crippen LogP contribution in [0.3, 0.4) is 0 Å². The summed E-state index contributed by atoms with van der Waals surface area (Å²) in [6.45, 7) is 13.3. The Morgan fingerprint density at radius 1 is 1.55 bits per heavy atom. The Bertz CT molecular complexity index is 121. The lowest BCUT2D eigenvalue weighted by atomic mass is 10.4. The van der Waals surface area contributed by atoms with Crippen molar-refractivity contribution in [3.8, 4) is 0 Å². The van der Waals surface area contributed by atoms with Crippen molar-refractivity contribution in [2.75, 3.05) is 6.61 Å². The Labute approximate surface area is 72.1 Å². The van der Waals surface area contributed by atoms with Crippen molar-refractivity contribution in [3.05, 3.63) is 12.2 Å². The summed E-state index contributed by atoms with van der Waals surface area (Å²) in [6.07, 6.45) is 1.13. The van der Waals surface area contributed by atoms with Crippen molar-refractivity contribution >= 4 is 8.80 Å². The molecule has 65 valence electrons. The maximum atomic E-state index is 5.66. The van der Waals surface area contributed by atoms with Crippen molar-refractivity contribution in [1.29, 1.82) is 0 Å². The Balaban J connectivity index is 3.61. The van der Waals surface area contributed by atoms with Crippen LogP contribution in [0.2, 0.25) is 13.1 Å². The van der Waals surface area contributed by atoms with Crippen molar-refractivity contribution < 1.29 is 4.74 Å². The van der Waals surface area contributed by atoms with E-state index in [9.17, 15) is 0 Å². The molecular formula is C9H19OSi. The van der Waals surface area contributed by atoms with Crippen LogP contribution in [-0.2, 0) is 4.74 Å². The summed E-state index contributed by atoms with van der Waals surface area (Å²) in [5.74, 6) is 0. The highest BCUT2D eigenvalue weighted by molar-refractivity contribution is 6.57. The van der Waals surface area contributed by atoms with Crippen molar-refractivity contribution in [1.82, 2.24) is 0 Å². The minimum absolute atomic E-state index is 0.283. The lowest BCUT2D eigenvalue weighted by Gasteiger charge is -2.18. The van der Waals surface area contributed by atoms with E-state index >= 15 is 0 Å². The van der Waals surface area contributed by atoms with E-state index < -0.39 is 0 Å². The van der Waals surface area contributed by atoms with Gasteiger partial charge < -0.3 is 4.74 Å². The molecule has 0 heterocycles. The molecule has 0 aliphatic carbocycles. The molecule has 0 bridgehead atoms. The average molecular weight is 171 g/mol. The highest BCUT2D eigenvalue weighted by atomic mass is 28.3. The first kappa shape index (κ1) is 10.9. The lowest BCUT2D eigenvalue weighted by molar-refractivity contribution is 0.120. The van der Waals surface area contributed by atoms with Crippen LogP contribution >= 0.6 is 0 Å². The Hall–Kier alpha value is -0.0831. The number of rotatable bonds is 5. The number of hydrogen-bond acceptors (Lipinski definition) is 1. The first-order valence-electron chi connectivity index (χ1n) is 4.14. The van der Waals surface area contributed by atoms with Gasteiger partial charge >= 0.3 is 0 Å². The van der Waals surface area contributed by atoms with Gasteiger partial charge in [0, 0.05) is 5.73 Å². The van der Waals surface area contributed by atoms with Gasteiger partial charge in [-0.25, -0.2) is 0 Å². The third-order valence-corrected chi connectivity index (χ3v) is 3.41. The van der Waals surface area contributed by atoms with Crippen LogP contribution in [0.5, 0.6) is 0 Å². The van der Waals surface area contributed by atoms with Gasteiger partial charge in [0.1, 0.15) is 0 Å².